The number of halogens is 1. The van der Waals surface area contributed by atoms with Crippen molar-refractivity contribution in [2.45, 2.75) is 37.8 Å². The van der Waals surface area contributed by atoms with Gasteiger partial charge in [0.25, 0.3) is 5.91 Å². The van der Waals surface area contributed by atoms with Crippen molar-refractivity contribution in [1.29, 1.82) is 0 Å². The van der Waals surface area contributed by atoms with E-state index in [9.17, 15) is 19.2 Å². The van der Waals surface area contributed by atoms with Crippen LogP contribution in [0.25, 0.3) is 11.1 Å². The first-order chi connectivity index (χ1) is 21.2. The minimum atomic E-state index is -0.963. The highest BCUT2D eigenvalue weighted by atomic mass is 35.5. The van der Waals surface area contributed by atoms with Gasteiger partial charge in [0.05, 0.1) is 0 Å². The maximum Gasteiger partial charge on any atom is 0.270 e. The fourth-order valence-corrected chi connectivity index (χ4v) is 5.37. The van der Waals surface area contributed by atoms with Crippen LogP contribution in [0.2, 0.25) is 5.02 Å². The third-order valence-electron chi connectivity index (χ3n) is 7.61. The number of hydrogen-bond acceptors (Lipinski definition) is 5. The van der Waals surface area contributed by atoms with Crippen LogP contribution in [0.1, 0.15) is 33.6 Å². The minimum Gasteiger partial charge on any atom is -0.357 e. The van der Waals surface area contributed by atoms with Gasteiger partial charge >= 0.3 is 0 Å². The van der Waals surface area contributed by atoms with Crippen molar-refractivity contribution in [2.75, 3.05) is 12.4 Å². The molecule has 10 nitrogen and oxygen atoms in total. The first kappa shape index (κ1) is 30.5. The Morgan fingerprint density at radius 3 is 2.43 bits per heavy atom. The fourth-order valence-electron chi connectivity index (χ4n) is 5.17. The monoisotopic (exact) mass is 612 g/mol. The molecule has 226 valence electrons. The van der Waals surface area contributed by atoms with Crippen LogP contribution >= 0.6 is 11.6 Å². The zero-order valence-corrected chi connectivity index (χ0v) is 25.1. The topological polar surface area (TPSA) is 134 Å². The third-order valence-corrected chi connectivity index (χ3v) is 7.97. The smallest absolute Gasteiger partial charge is 0.270 e. The Hall–Kier alpha value is -4.96. The molecule has 0 saturated heterocycles. The molecule has 3 aromatic carbocycles. The number of likely N-dealkylation sites (N-methyl/N-ethyl adjacent to an activating group) is 1. The van der Waals surface area contributed by atoms with Crippen molar-refractivity contribution in [1.82, 2.24) is 25.7 Å². The first-order valence-electron chi connectivity index (χ1n) is 14.3. The predicted molar refractivity (Wildman–Crippen MR) is 168 cm³/mol. The Morgan fingerprint density at radius 2 is 1.70 bits per heavy atom. The Bertz CT molecular complexity index is 1700. The molecule has 2 unspecified atom stereocenters. The molecule has 3 heterocycles. The van der Waals surface area contributed by atoms with Crippen LogP contribution in [-0.4, -0.2) is 52.5 Å². The summed E-state index contributed by atoms with van der Waals surface area (Å²) in [5, 5.41) is 15.7. The molecule has 11 heteroatoms. The van der Waals surface area contributed by atoms with E-state index in [1.165, 1.54) is 17.9 Å². The summed E-state index contributed by atoms with van der Waals surface area (Å²) >= 11 is 6.62. The highest BCUT2D eigenvalue weighted by molar-refractivity contribution is 6.31. The quantitative estimate of drug-likeness (QED) is 0.281. The van der Waals surface area contributed by atoms with E-state index in [0.29, 0.717) is 28.4 Å². The number of carbonyl (C=O) groups is 4. The summed E-state index contributed by atoms with van der Waals surface area (Å²) in [7, 11) is 3.18. The lowest BCUT2D eigenvalue weighted by Gasteiger charge is -2.21. The van der Waals surface area contributed by atoms with E-state index in [0.717, 1.165) is 22.3 Å². The van der Waals surface area contributed by atoms with Crippen LogP contribution in [0.4, 0.5) is 5.69 Å². The molecule has 0 fully saturated rings. The number of nitrogens with one attached hydrogen (secondary N) is 4. The zero-order valence-electron chi connectivity index (χ0n) is 24.4. The molecule has 2 aliphatic heterocycles. The summed E-state index contributed by atoms with van der Waals surface area (Å²) < 4.78 is 1.44. The van der Waals surface area contributed by atoms with Gasteiger partial charge in [0.15, 0.2) is 0 Å². The van der Waals surface area contributed by atoms with E-state index < -0.39 is 23.9 Å². The van der Waals surface area contributed by atoms with Crippen molar-refractivity contribution < 1.29 is 19.2 Å². The maximum absolute atomic E-state index is 13.6. The highest BCUT2D eigenvalue weighted by Crippen LogP contribution is 2.28. The number of aromatic nitrogens is 2. The summed E-state index contributed by atoms with van der Waals surface area (Å²) in [5.74, 6) is -1.40. The number of fused-ring (bicyclic) bond motifs is 10. The normalized spacial score (nSPS) is 17.2. The SMILES string of the molecule is CNC(=O)C1Cc2ccc(cc2)NC(=O)C(NC(=O)c2ccnn2C)Cc2cc(ccc2Cl)-c2cccc(c2)CCC(=O)N1. The standard InChI is InChI=1S/C33H33ClN6O4/c1-35-31(42)27-17-21-6-10-25(11-7-21)37-32(43)28(39-33(44)29-14-15-36-40(29)2)19-24-18-23(9-12-26(24)34)22-5-3-4-20(16-22)8-13-30(41)38-27/h3-7,9-12,14-16,18,27-28H,8,13,17,19H2,1-2H3,(H,35,42)(H,37,43)(H,38,41)(H,39,44). The van der Waals surface area contributed by atoms with Gasteiger partial charge in [0.2, 0.25) is 17.7 Å². The molecule has 44 heavy (non-hydrogen) atoms. The number of benzene rings is 3. The van der Waals surface area contributed by atoms with Gasteiger partial charge in [0, 0.05) is 50.3 Å². The Morgan fingerprint density at radius 1 is 0.932 bits per heavy atom. The number of aryl methyl sites for hydroxylation is 2. The highest BCUT2D eigenvalue weighted by Gasteiger charge is 2.25. The van der Waals surface area contributed by atoms with Gasteiger partial charge in [-0.2, -0.15) is 5.10 Å². The number of nitrogens with zero attached hydrogens (tertiary/aromatic N) is 2. The van der Waals surface area contributed by atoms with Crippen molar-refractivity contribution >= 4 is 40.9 Å². The van der Waals surface area contributed by atoms with E-state index in [-0.39, 0.29) is 31.1 Å². The van der Waals surface area contributed by atoms with Gasteiger partial charge in [-0.15, -0.1) is 0 Å². The summed E-state index contributed by atoms with van der Waals surface area (Å²) in [5.41, 5.74) is 5.04. The Kier molecular flexibility index (Phi) is 9.40. The molecular formula is C33H33ClN6O4. The largest absolute Gasteiger partial charge is 0.357 e. The molecule has 0 spiro atoms. The number of hydrogen-bond donors (Lipinski definition) is 4. The van der Waals surface area contributed by atoms with E-state index in [4.69, 9.17) is 11.6 Å². The molecule has 2 atom stereocenters. The number of anilines is 1. The van der Waals surface area contributed by atoms with Crippen molar-refractivity contribution in [3.63, 3.8) is 0 Å². The second-order valence-corrected chi connectivity index (χ2v) is 11.1. The zero-order chi connectivity index (χ0) is 31.2. The van der Waals surface area contributed by atoms with Crippen LogP contribution in [0.15, 0.2) is 79.0 Å². The van der Waals surface area contributed by atoms with Crippen LogP contribution < -0.4 is 21.3 Å². The summed E-state index contributed by atoms with van der Waals surface area (Å²) in [6.45, 7) is 0. The van der Waals surface area contributed by atoms with Crippen LogP contribution in [0.5, 0.6) is 0 Å². The molecule has 6 bridgehead atoms. The molecular weight excluding hydrogens is 580 g/mol. The van der Waals surface area contributed by atoms with Gasteiger partial charge in [-0.25, -0.2) is 0 Å². The molecule has 6 rings (SSSR count). The molecule has 4 aromatic rings. The minimum absolute atomic E-state index is 0.133. The number of rotatable bonds is 3. The van der Waals surface area contributed by atoms with E-state index in [1.807, 2.05) is 36.4 Å². The lowest BCUT2D eigenvalue weighted by Crippen LogP contribution is -2.47. The lowest BCUT2D eigenvalue weighted by molar-refractivity contribution is -0.128. The van der Waals surface area contributed by atoms with Gasteiger partial charge in [-0.1, -0.05) is 54.1 Å². The molecule has 4 amide bonds. The number of carbonyl (C=O) groups excluding carboxylic acids is 4. The van der Waals surface area contributed by atoms with E-state index >= 15 is 0 Å². The van der Waals surface area contributed by atoms with E-state index in [1.54, 1.807) is 43.4 Å². The fraction of sp³-hybridized carbons (Fsp3) is 0.242. The lowest BCUT2D eigenvalue weighted by atomic mass is 9.96. The molecule has 0 aliphatic carbocycles. The summed E-state index contributed by atoms with van der Waals surface area (Å²) in [6.07, 6.45) is 2.61. The van der Waals surface area contributed by atoms with Gasteiger partial charge in [-0.05, 0) is 64.6 Å². The molecule has 0 saturated carbocycles. The second kappa shape index (κ2) is 13.6. The summed E-state index contributed by atoms with van der Waals surface area (Å²) in [4.78, 5) is 52.3. The molecule has 0 radical (unpaired) electrons. The van der Waals surface area contributed by atoms with Gasteiger partial charge in [-0.3, -0.25) is 23.9 Å². The first-order valence-corrected chi connectivity index (χ1v) is 14.7. The molecule has 4 N–H and O–H groups in total. The average molecular weight is 613 g/mol. The molecule has 2 aliphatic rings. The van der Waals surface area contributed by atoms with Crippen molar-refractivity contribution in [3.8, 4) is 11.1 Å². The van der Waals surface area contributed by atoms with E-state index in [2.05, 4.69) is 26.4 Å². The van der Waals surface area contributed by atoms with Gasteiger partial charge < -0.3 is 21.3 Å². The number of amides is 4. The predicted octanol–water partition coefficient (Wildman–Crippen LogP) is 3.44. The van der Waals surface area contributed by atoms with Gasteiger partial charge in [0.1, 0.15) is 17.8 Å². The third kappa shape index (κ3) is 7.33. The van der Waals surface area contributed by atoms with Crippen molar-refractivity contribution in [2.24, 2.45) is 7.05 Å². The maximum atomic E-state index is 13.6. The average Bonchev–Trinajstić information content (AvgIpc) is 3.46. The Balaban J connectivity index is 1.52. The summed E-state index contributed by atoms with van der Waals surface area (Å²) in [6, 6.07) is 20.3. The second-order valence-electron chi connectivity index (χ2n) is 10.7. The van der Waals surface area contributed by atoms with Crippen LogP contribution in [0.3, 0.4) is 0 Å². The molecule has 1 aromatic heterocycles. The van der Waals surface area contributed by atoms with Crippen molar-refractivity contribution in [3.05, 3.63) is 106 Å². The van der Waals surface area contributed by atoms with Crippen LogP contribution in [0, 0.1) is 0 Å². The van der Waals surface area contributed by atoms with Crippen LogP contribution in [-0.2, 0) is 40.7 Å². The Labute approximate surface area is 260 Å².